The number of ether oxygens (including phenoxy) is 1. The van der Waals surface area contributed by atoms with Crippen LogP contribution in [-0.4, -0.2) is 54.6 Å². The number of halogens is 1. The molecule has 0 aliphatic carbocycles. The number of amides is 2. The van der Waals surface area contributed by atoms with Crippen molar-refractivity contribution in [1.82, 2.24) is 10.2 Å². The fraction of sp³-hybridized carbons (Fsp3) is 0.471. The minimum Gasteiger partial charge on any atom is -0.480 e. The van der Waals surface area contributed by atoms with E-state index in [1.54, 1.807) is 31.3 Å². The zero-order valence-electron chi connectivity index (χ0n) is 14.1. The Kier molecular flexibility index (Phi) is 6.39. The highest BCUT2D eigenvalue weighted by molar-refractivity contribution is 6.30. The van der Waals surface area contributed by atoms with Gasteiger partial charge in [0, 0.05) is 38.6 Å². The first-order chi connectivity index (χ1) is 11.8. The number of carboxylic acid groups (broad SMARTS) is 1. The van der Waals surface area contributed by atoms with Crippen LogP contribution in [0.3, 0.4) is 0 Å². The van der Waals surface area contributed by atoms with Crippen molar-refractivity contribution in [2.45, 2.75) is 24.9 Å². The fourth-order valence-electron chi connectivity index (χ4n) is 3.02. The summed E-state index contributed by atoms with van der Waals surface area (Å²) in [6, 6.07) is 5.42. The maximum Gasteiger partial charge on any atom is 0.326 e. The highest BCUT2D eigenvalue weighted by Crippen LogP contribution is 2.37. The molecule has 1 saturated heterocycles. The number of hydrogen-bond donors (Lipinski definition) is 2. The SMILES string of the molecule is COCCC(NC(=O)C1CC(=O)N(C)C1c1cccc(Cl)c1)C(=O)O. The number of nitrogens with one attached hydrogen (secondary N) is 1. The number of carboxylic acids is 1. The van der Waals surface area contributed by atoms with Crippen LogP contribution in [0.15, 0.2) is 24.3 Å². The van der Waals surface area contributed by atoms with Gasteiger partial charge in [-0.15, -0.1) is 0 Å². The number of hydrogen-bond acceptors (Lipinski definition) is 4. The van der Waals surface area contributed by atoms with Gasteiger partial charge in [0.05, 0.1) is 12.0 Å². The summed E-state index contributed by atoms with van der Waals surface area (Å²) >= 11 is 6.02. The molecule has 136 valence electrons. The molecule has 2 rings (SSSR count). The standard InChI is InChI=1S/C17H21ClN2O5/c1-20-14(21)9-12(15(20)10-4-3-5-11(18)8-10)16(22)19-13(17(23)24)6-7-25-2/h3-5,8,12-13,15H,6-7,9H2,1-2H3,(H,19,22)(H,23,24). The van der Waals surface area contributed by atoms with Crippen molar-refractivity contribution in [2.75, 3.05) is 20.8 Å². The Morgan fingerprint density at radius 3 is 2.80 bits per heavy atom. The monoisotopic (exact) mass is 368 g/mol. The highest BCUT2D eigenvalue weighted by Gasteiger charge is 2.43. The van der Waals surface area contributed by atoms with Crippen LogP contribution in [0.2, 0.25) is 5.02 Å². The van der Waals surface area contributed by atoms with Crippen molar-refractivity contribution in [3.8, 4) is 0 Å². The fourth-order valence-corrected chi connectivity index (χ4v) is 3.22. The molecule has 2 amide bonds. The van der Waals surface area contributed by atoms with E-state index in [0.29, 0.717) is 5.02 Å². The Labute approximate surface area is 150 Å². The number of carbonyl (C=O) groups excluding carboxylic acids is 2. The third-order valence-electron chi connectivity index (χ3n) is 4.34. The summed E-state index contributed by atoms with van der Waals surface area (Å²) in [4.78, 5) is 37.6. The molecular weight excluding hydrogens is 348 g/mol. The van der Waals surface area contributed by atoms with E-state index < -0.39 is 29.9 Å². The van der Waals surface area contributed by atoms with Gasteiger partial charge in [-0.3, -0.25) is 9.59 Å². The predicted molar refractivity (Wildman–Crippen MR) is 91.1 cm³/mol. The lowest BCUT2D eigenvalue weighted by Gasteiger charge is -2.26. The molecule has 1 aromatic carbocycles. The third-order valence-corrected chi connectivity index (χ3v) is 4.57. The van der Waals surface area contributed by atoms with Crippen LogP contribution in [0.5, 0.6) is 0 Å². The van der Waals surface area contributed by atoms with Crippen LogP contribution >= 0.6 is 11.6 Å². The van der Waals surface area contributed by atoms with Gasteiger partial charge >= 0.3 is 5.97 Å². The Bertz CT molecular complexity index is 666. The van der Waals surface area contributed by atoms with Crippen LogP contribution in [0.25, 0.3) is 0 Å². The number of likely N-dealkylation sites (tertiary alicyclic amines) is 1. The van der Waals surface area contributed by atoms with E-state index in [4.69, 9.17) is 16.3 Å². The highest BCUT2D eigenvalue weighted by atomic mass is 35.5. The van der Waals surface area contributed by atoms with E-state index in [1.165, 1.54) is 12.0 Å². The van der Waals surface area contributed by atoms with E-state index in [9.17, 15) is 19.5 Å². The summed E-state index contributed by atoms with van der Waals surface area (Å²) in [6.07, 6.45) is 0.173. The van der Waals surface area contributed by atoms with Gasteiger partial charge in [0.15, 0.2) is 0 Å². The molecule has 1 aliphatic heterocycles. The molecule has 7 nitrogen and oxygen atoms in total. The van der Waals surface area contributed by atoms with Crippen molar-refractivity contribution < 1.29 is 24.2 Å². The molecule has 25 heavy (non-hydrogen) atoms. The van der Waals surface area contributed by atoms with E-state index in [2.05, 4.69) is 5.32 Å². The molecule has 1 fully saturated rings. The van der Waals surface area contributed by atoms with Crippen molar-refractivity contribution >= 4 is 29.4 Å². The molecule has 0 bridgehead atoms. The van der Waals surface area contributed by atoms with Gasteiger partial charge in [-0.2, -0.15) is 0 Å². The van der Waals surface area contributed by atoms with Gasteiger partial charge in [0.2, 0.25) is 11.8 Å². The van der Waals surface area contributed by atoms with Crippen LogP contribution in [-0.2, 0) is 19.1 Å². The Morgan fingerprint density at radius 1 is 1.48 bits per heavy atom. The summed E-state index contributed by atoms with van der Waals surface area (Å²) in [5, 5.41) is 12.3. The average molecular weight is 369 g/mol. The maximum absolute atomic E-state index is 12.7. The lowest BCUT2D eigenvalue weighted by atomic mass is 9.92. The van der Waals surface area contributed by atoms with Crippen LogP contribution in [0, 0.1) is 5.92 Å². The number of carbonyl (C=O) groups is 3. The molecule has 2 N–H and O–H groups in total. The van der Waals surface area contributed by atoms with E-state index in [-0.39, 0.29) is 25.4 Å². The molecule has 0 aromatic heterocycles. The lowest BCUT2D eigenvalue weighted by molar-refractivity contribution is -0.143. The van der Waals surface area contributed by atoms with Crippen molar-refractivity contribution in [2.24, 2.45) is 5.92 Å². The number of benzene rings is 1. The Hall–Kier alpha value is -2.12. The topological polar surface area (TPSA) is 95.9 Å². The summed E-state index contributed by atoms with van der Waals surface area (Å²) in [5.74, 6) is -2.46. The summed E-state index contributed by atoms with van der Waals surface area (Å²) in [5.41, 5.74) is 0.741. The molecule has 0 radical (unpaired) electrons. The second kappa shape index (κ2) is 8.31. The first kappa shape index (κ1) is 19.2. The zero-order chi connectivity index (χ0) is 18.6. The third kappa shape index (κ3) is 4.49. The summed E-state index contributed by atoms with van der Waals surface area (Å²) in [6.45, 7) is 0.207. The molecule has 3 atom stereocenters. The molecule has 1 aliphatic rings. The lowest BCUT2D eigenvalue weighted by Crippen LogP contribution is -2.45. The maximum atomic E-state index is 12.7. The number of rotatable bonds is 7. The van der Waals surface area contributed by atoms with Gasteiger partial charge in [0.1, 0.15) is 6.04 Å². The van der Waals surface area contributed by atoms with Crippen molar-refractivity contribution in [3.63, 3.8) is 0 Å². The molecule has 1 aromatic rings. The van der Waals surface area contributed by atoms with Crippen molar-refractivity contribution in [1.29, 1.82) is 0 Å². The van der Waals surface area contributed by atoms with Crippen LogP contribution in [0.4, 0.5) is 0 Å². The van der Waals surface area contributed by atoms with Crippen LogP contribution < -0.4 is 5.32 Å². The average Bonchev–Trinajstić information content (AvgIpc) is 2.86. The quantitative estimate of drug-likeness (QED) is 0.759. The normalized spacial score (nSPS) is 21.2. The molecule has 8 heteroatoms. The zero-order valence-corrected chi connectivity index (χ0v) is 14.8. The van der Waals surface area contributed by atoms with Crippen molar-refractivity contribution in [3.05, 3.63) is 34.9 Å². The summed E-state index contributed by atoms with van der Waals surface area (Å²) in [7, 11) is 3.08. The summed E-state index contributed by atoms with van der Waals surface area (Å²) < 4.78 is 4.88. The first-order valence-corrected chi connectivity index (χ1v) is 8.26. The van der Waals surface area contributed by atoms with Gasteiger partial charge < -0.3 is 20.1 Å². The van der Waals surface area contributed by atoms with E-state index in [0.717, 1.165) is 5.56 Å². The van der Waals surface area contributed by atoms with Gasteiger partial charge in [-0.1, -0.05) is 23.7 Å². The minimum absolute atomic E-state index is 0.0239. The molecule has 0 spiro atoms. The van der Waals surface area contributed by atoms with E-state index >= 15 is 0 Å². The van der Waals surface area contributed by atoms with Gasteiger partial charge in [-0.05, 0) is 17.7 Å². The van der Waals surface area contributed by atoms with E-state index in [1.807, 2.05) is 0 Å². The number of methoxy groups -OCH3 is 1. The van der Waals surface area contributed by atoms with Crippen LogP contribution in [0.1, 0.15) is 24.4 Å². The number of nitrogens with zero attached hydrogens (tertiary/aromatic N) is 1. The van der Waals surface area contributed by atoms with Gasteiger partial charge in [-0.25, -0.2) is 4.79 Å². The second-order valence-electron chi connectivity index (χ2n) is 6.00. The predicted octanol–water partition coefficient (Wildman–Crippen LogP) is 1.47. The largest absolute Gasteiger partial charge is 0.480 e. The molecule has 3 unspecified atom stereocenters. The first-order valence-electron chi connectivity index (χ1n) is 7.88. The smallest absolute Gasteiger partial charge is 0.326 e. The number of aliphatic carboxylic acids is 1. The molecule has 1 heterocycles. The Balaban J connectivity index is 2.21. The molecule has 0 saturated carbocycles. The Morgan fingerprint density at radius 2 is 2.20 bits per heavy atom. The van der Waals surface area contributed by atoms with Gasteiger partial charge in [0.25, 0.3) is 0 Å². The molecular formula is C17H21ClN2O5. The minimum atomic E-state index is -1.14. The second-order valence-corrected chi connectivity index (χ2v) is 6.43.